The lowest BCUT2D eigenvalue weighted by Gasteiger charge is -2.44. The molecular weight excluding hydrogens is 391 g/mol. The van der Waals surface area contributed by atoms with E-state index in [0.29, 0.717) is 16.8 Å². The van der Waals surface area contributed by atoms with Gasteiger partial charge in [-0.25, -0.2) is 8.42 Å². The van der Waals surface area contributed by atoms with Crippen LogP contribution in [0.2, 0.25) is 0 Å². The molecule has 2 aliphatic heterocycles. The molecule has 0 aliphatic carbocycles. The van der Waals surface area contributed by atoms with E-state index in [9.17, 15) is 21.6 Å². The fraction of sp³-hybridized carbons (Fsp3) is 0.211. The molecule has 4 rings (SSSR count). The summed E-state index contributed by atoms with van der Waals surface area (Å²) in [5.41, 5.74) is 7.72. The van der Waals surface area contributed by atoms with Crippen molar-refractivity contribution < 1.29 is 27.0 Å². The Morgan fingerprint density at radius 2 is 1.75 bits per heavy atom. The van der Waals surface area contributed by atoms with Crippen LogP contribution in [0.5, 0.6) is 0 Å². The molecule has 2 unspecified atom stereocenters. The van der Waals surface area contributed by atoms with Crippen molar-refractivity contribution >= 4 is 16.2 Å². The molecule has 0 radical (unpaired) electrons. The smallest absolute Gasteiger partial charge is 0.402 e. The van der Waals surface area contributed by atoms with E-state index >= 15 is 0 Å². The Morgan fingerprint density at radius 1 is 1.11 bits per heavy atom. The summed E-state index contributed by atoms with van der Waals surface area (Å²) >= 11 is 0. The lowest BCUT2D eigenvalue weighted by Crippen LogP contribution is -2.47. The van der Waals surface area contributed by atoms with E-state index in [1.807, 2.05) is 18.2 Å². The number of alkyl halides is 3. The number of nitrogens with two attached hydrogens (primary N) is 2. The molecule has 4 N–H and O–H groups in total. The molecule has 2 aromatic carbocycles. The highest BCUT2D eigenvalue weighted by molar-refractivity contribution is 7.89. The number of rotatable bonds is 3. The minimum Gasteiger partial charge on any atom is -0.402 e. The molecule has 0 saturated carbocycles. The highest BCUT2D eigenvalue weighted by Crippen LogP contribution is 2.49. The zero-order valence-corrected chi connectivity index (χ0v) is 15.3. The largest absolute Gasteiger partial charge is 0.416 e. The van der Waals surface area contributed by atoms with Gasteiger partial charge >= 0.3 is 6.18 Å². The zero-order chi connectivity index (χ0) is 20.3. The summed E-state index contributed by atoms with van der Waals surface area (Å²) in [5.74, 6) is 0. The first-order valence-corrected chi connectivity index (χ1v) is 9.92. The molecular formula is C19H17F3N3O2S+. The van der Waals surface area contributed by atoms with Gasteiger partial charge in [-0.15, -0.1) is 0 Å². The molecule has 2 heterocycles. The van der Waals surface area contributed by atoms with Gasteiger partial charge in [-0.05, 0) is 35.4 Å². The van der Waals surface area contributed by atoms with Gasteiger partial charge in [-0.3, -0.25) is 5.41 Å². The molecule has 0 saturated heterocycles. The van der Waals surface area contributed by atoms with Crippen LogP contribution in [-0.4, -0.2) is 18.9 Å². The second-order valence-corrected chi connectivity index (χ2v) is 8.64. The number of hydrogen-bond donors (Lipinski definition) is 2. The van der Waals surface area contributed by atoms with Gasteiger partial charge in [0.15, 0.2) is 6.21 Å². The van der Waals surface area contributed by atoms with Gasteiger partial charge in [-0.2, -0.15) is 17.5 Å². The Morgan fingerprint density at radius 3 is 2.36 bits per heavy atom. The second kappa shape index (κ2) is 6.18. The minimum absolute atomic E-state index is 0.211. The van der Waals surface area contributed by atoms with Crippen molar-refractivity contribution in [2.45, 2.75) is 29.6 Å². The highest BCUT2D eigenvalue weighted by Gasteiger charge is 2.47. The number of benzene rings is 2. The summed E-state index contributed by atoms with van der Waals surface area (Å²) in [6, 6.07) is 9.57. The fourth-order valence-corrected chi connectivity index (χ4v) is 5.65. The summed E-state index contributed by atoms with van der Waals surface area (Å²) in [7, 11) is -4.11. The monoisotopic (exact) mass is 408 g/mol. The maximum Gasteiger partial charge on any atom is 0.416 e. The quantitative estimate of drug-likeness (QED) is 0.761. The molecule has 2 aromatic rings. The van der Waals surface area contributed by atoms with E-state index in [4.69, 9.17) is 11.1 Å². The Bertz CT molecular complexity index is 1090. The van der Waals surface area contributed by atoms with Crippen LogP contribution in [0.25, 0.3) is 0 Å². The molecule has 0 aromatic heterocycles. The van der Waals surface area contributed by atoms with Gasteiger partial charge in [0, 0.05) is 12.1 Å². The van der Waals surface area contributed by atoms with Crippen molar-refractivity contribution in [3.05, 3.63) is 76.5 Å². The Balaban J connectivity index is 1.85. The standard InChI is InChI=1S/C19H16F3N3O2S/c20-19(21,22)13-4-6-14(7-5-13)28(26,27)25-17-9-16(24)15(10-23)18(25)12-3-1-2-11(17)8-12/h1-8,10,17-18,23H,9,24H2/p+1. The average molecular weight is 408 g/mol. The molecule has 9 heteroatoms. The van der Waals surface area contributed by atoms with Crippen LogP contribution in [0.4, 0.5) is 13.2 Å². The third-order valence-electron chi connectivity index (χ3n) is 5.19. The normalized spacial score (nSPS) is 22.2. The second-order valence-electron chi connectivity index (χ2n) is 6.80. The third kappa shape index (κ3) is 2.73. The Hall–Kier alpha value is -2.65. The molecule has 28 heavy (non-hydrogen) atoms. The summed E-state index contributed by atoms with van der Waals surface area (Å²) in [5, 5.41) is 5.74. The van der Waals surface area contributed by atoms with Crippen molar-refractivity contribution in [1.82, 2.24) is 4.31 Å². The SMILES string of the molecule is NC1=C(C=[NH2+])C2c3cccc(c3)C(C1)N2S(=O)(=O)c1ccc(C(F)(F)F)cc1. The molecule has 0 fully saturated rings. The fourth-order valence-electron chi connectivity index (χ4n) is 3.88. The number of fused-ring (bicyclic) bond motifs is 6. The predicted molar refractivity (Wildman–Crippen MR) is 96.2 cm³/mol. The minimum atomic E-state index is -4.54. The lowest BCUT2D eigenvalue weighted by atomic mass is 9.82. The number of sulfonamides is 1. The van der Waals surface area contributed by atoms with Gasteiger partial charge in [0.2, 0.25) is 10.0 Å². The molecule has 4 bridgehead atoms. The van der Waals surface area contributed by atoms with E-state index in [-0.39, 0.29) is 11.3 Å². The van der Waals surface area contributed by atoms with Crippen molar-refractivity contribution in [3.63, 3.8) is 0 Å². The molecule has 2 atom stereocenters. The van der Waals surface area contributed by atoms with E-state index in [2.05, 4.69) is 0 Å². The van der Waals surface area contributed by atoms with Crippen LogP contribution in [0, 0.1) is 0 Å². The molecule has 0 spiro atoms. The van der Waals surface area contributed by atoms with Crippen LogP contribution in [0.15, 0.2) is 64.7 Å². The van der Waals surface area contributed by atoms with Crippen molar-refractivity contribution in [3.8, 4) is 0 Å². The van der Waals surface area contributed by atoms with Crippen molar-refractivity contribution in [1.29, 1.82) is 0 Å². The van der Waals surface area contributed by atoms with Crippen LogP contribution >= 0.6 is 0 Å². The summed E-state index contributed by atoms with van der Waals surface area (Å²) < 4.78 is 66.6. The lowest BCUT2D eigenvalue weighted by molar-refractivity contribution is -0.137. The van der Waals surface area contributed by atoms with Gasteiger partial charge in [0.25, 0.3) is 0 Å². The number of nitrogens with zero attached hydrogens (tertiary/aromatic N) is 1. The molecule has 2 aliphatic rings. The van der Waals surface area contributed by atoms with Crippen LogP contribution in [0.3, 0.4) is 0 Å². The molecule has 0 amide bonds. The summed E-state index contributed by atoms with van der Waals surface area (Å²) in [6.07, 6.45) is -2.99. The third-order valence-corrected chi connectivity index (χ3v) is 7.08. The van der Waals surface area contributed by atoms with Crippen molar-refractivity contribution in [2.24, 2.45) is 5.73 Å². The Labute approximate surface area is 159 Å². The van der Waals surface area contributed by atoms with Crippen molar-refractivity contribution in [2.75, 3.05) is 0 Å². The maximum absolute atomic E-state index is 13.4. The highest BCUT2D eigenvalue weighted by atomic mass is 32.2. The van der Waals surface area contributed by atoms with Gasteiger partial charge in [0.1, 0.15) is 0 Å². The predicted octanol–water partition coefficient (Wildman–Crippen LogP) is 1.94. The van der Waals surface area contributed by atoms with E-state index in [0.717, 1.165) is 29.8 Å². The van der Waals surface area contributed by atoms with Gasteiger partial charge < -0.3 is 5.73 Å². The topological polar surface area (TPSA) is 89.0 Å². The average Bonchev–Trinajstić information content (AvgIpc) is 2.65. The van der Waals surface area contributed by atoms with Crippen LogP contribution < -0.4 is 11.1 Å². The first-order chi connectivity index (χ1) is 13.1. The first-order valence-electron chi connectivity index (χ1n) is 8.48. The molecule has 5 nitrogen and oxygen atoms in total. The number of halogens is 3. The van der Waals surface area contributed by atoms with E-state index < -0.39 is 33.8 Å². The zero-order valence-electron chi connectivity index (χ0n) is 14.5. The van der Waals surface area contributed by atoms with E-state index in [1.54, 1.807) is 6.07 Å². The summed E-state index contributed by atoms with van der Waals surface area (Å²) in [4.78, 5) is -0.211. The summed E-state index contributed by atoms with van der Waals surface area (Å²) in [6.45, 7) is 0. The first kappa shape index (κ1) is 18.7. The Kier molecular flexibility index (Phi) is 4.13. The number of hydrogen-bond acceptors (Lipinski definition) is 3. The molecule has 146 valence electrons. The van der Waals surface area contributed by atoms with Gasteiger partial charge in [-0.1, -0.05) is 24.3 Å². The van der Waals surface area contributed by atoms with Gasteiger partial charge in [0.05, 0.1) is 28.1 Å². The maximum atomic E-state index is 13.4. The van der Waals surface area contributed by atoms with E-state index in [1.165, 1.54) is 10.5 Å². The van der Waals surface area contributed by atoms with Crippen LogP contribution in [-0.2, 0) is 16.2 Å². The van der Waals surface area contributed by atoms with Crippen LogP contribution in [0.1, 0.15) is 35.2 Å².